The summed E-state index contributed by atoms with van der Waals surface area (Å²) in [6.45, 7) is 2.31. The number of carbonyl (C=O) groups is 1. The summed E-state index contributed by atoms with van der Waals surface area (Å²) in [4.78, 5) is 12.9. The second kappa shape index (κ2) is 9.41. The van der Waals surface area contributed by atoms with Gasteiger partial charge in [0.15, 0.2) is 16.8 Å². The molecule has 0 fully saturated rings. The highest BCUT2D eigenvalue weighted by Crippen LogP contribution is 2.30. The van der Waals surface area contributed by atoms with Gasteiger partial charge in [0.1, 0.15) is 11.5 Å². The highest BCUT2D eigenvalue weighted by atomic mass is 35.5. The van der Waals surface area contributed by atoms with E-state index >= 15 is 0 Å². The summed E-state index contributed by atoms with van der Waals surface area (Å²) in [5.41, 5.74) is 1.50. The number of ketones is 1. The molecule has 1 atom stereocenters. The number of halogens is 1. The fraction of sp³-hybridized carbons (Fsp3) is 0.174. The number of ether oxygens (including phenoxy) is 1. The number of aromatic nitrogens is 3. The van der Waals surface area contributed by atoms with Crippen molar-refractivity contribution in [2.45, 2.75) is 23.9 Å². The van der Waals surface area contributed by atoms with Crippen LogP contribution in [0, 0.1) is 0 Å². The number of methoxy groups -OCH3 is 1. The van der Waals surface area contributed by atoms with Crippen LogP contribution < -0.4 is 4.74 Å². The molecule has 0 aliphatic carbocycles. The Kier molecular flexibility index (Phi) is 6.44. The highest BCUT2D eigenvalue weighted by molar-refractivity contribution is 8.00. The van der Waals surface area contributed by atoms with E-state index in [2.05, 4.69) is 10.2 Å². The van der Waals surface area contributed by atoms with Gasteiger partial charge in [-0.1, -0.05) is 23.4 Å². The van der Waals surface area contributed by atoms with E-state index in [4.69, 9.17) is 20.8 Å². The third-order valence-corrected chi connectivity index (χ3v) is 6.07. The molecule has 2 aromatic carbocycles. The van der Waals surface area contributed by atoms with E-state index in [0.717, 1.165) is 11.3 Å². The predicted molar refractivity (Wildman–Crippen MR) is 121 cm³/mol. The van der Waals surface area contributed by atoms with Gasteiger partial charge in [0.25, 0.3) is 0 Å². The number of hydrogen-bond donors (Lipinski definition) is 0. The van der Waals surface area contributed by atoms with Crippen LogP contribution in [-0.4, -0.2) is 32.9 Å². The molecule has 0 amide bonds. The number of nitrogens with zero attached hydrogens (tertiary/aromatic N) is 3. The van der Waals surface area contributed by atoms with Gasteiger partial charge in [0, 0.05) is 16.1 Å². The second-order valence-electron chi connectivity index (χ2n) is 6.83. The molecule has 31 heavy (non-hydrogen) atoms. The molecule has 0 radical (unpaired) electrons. The van der Waals surface area contributed by atoms with Crippen LogP contribution in [0.25, 0.3) is 11.4 Å². The van der Waals surface area contributed by atoms with E-state index in [9.17, 15) is 4.79 Å². The van der Waals surface area contributed by atoms with Crippen molar-refractivity contribution >= 4 is 29.1 Å². The van der Waals surface area contributed by atoms with Crippen LogP contribution in [0.1, 0.15) is 23.0 Å². The predicted octanol–water partition coefficient (Wildman–Crippen LogP) is 5.61. The number of benzene rings is 2. The number of furan rings is 1. The summed E-state index contributed by atoms with van der Waals surface area (Å²) in [7, 11) is 1.60. The zero-order valence-electron chi connectivity index (χ0n) is 17.0. The zero-order valence-corrected chi connectivity index (χ0v) is 18.6. The summed E-state index contributed by atoms with van der Waals surface area (Å²) in [6.07, 6.45) is 1.63. The van der Waals surface area contributed by atoms with Crippen molar-refractivity contribution in [3.05, 3.63) is 83.3 Å². The standard InChI is InChI=1S/C23H20ClN3O3S/c1-15(21(28)16-7-11-19(29-2)12-8-16)31-23-26-25-22(17-5-9-18(24)10-6-17)27(23)14-20-4-3-13-30-20/h3-13,15H,14H2,1-2H3. The summed E-state index contributed by atoms with van der Waals surface area (Å²) in [5.74, 6) is 2.17. The van der Waals surface area contributed by atoms with Gasteiger partial charge in [-0.3, -0.25) is 9.36 Å². The van der Waals surface area contributed by atoms with Crippen molar-refractivity contribution in [2.24, 2.45) is 0 Å². The molecule has 0 bridgehead atoms. The van der Waals surface area contributed by atoms with Crippen LogP contribution in [0.15, 0.2) is 76.5 Å². The molecule has 158 valence electrons. The smallest absolute Gasteiger partial charge is 0.192 e. The van der Waals surface area contributed by atoms with Gasteiger partial charge in [0.05, 0.1) is 25.2 Å². The number of hydrogen-bond acceptors (Lipinski definition) is 6. The first kappa shape index (κ1) is 21.2. The largest absolute Gasteiger partial charge is 0.497 e. The van der Waals surface area contributed by atoms with E-state index in [1.165, 1.54) is 11.8 Å². The third kappa shape index (κ3) is 4.84. The van der Waals surface area contributed by atoms with Crippen molar-refractivity contribution in [2.75, 3.05) is 7.11 Å². The monoisotopic (exact) mass is 453 g/mol. The Balaban J connectivity index is 1.62. The fourth-order valence-corrected chi connectivity index (χ4v) is 4.14. The Bertz CT molecular complexity index is 1160. The molecule has 8 heteroatoms. The SMILES string of the molecule is COc1ccc(C(=O)C(C)Sc2nnc(-c3ccc(Cl)cc3)n2Cc2ccco2)cc1. The Morgan fingerprint density at radius 3 is 2.52 bits per heavy atom. The van der Waals surface area contributed by atoms with Crippen molar-refractivity contribution in [3.63, 3.8) is 0 Å². The Labute approximate surface area is 189 Å². The van der Waals surface area contributed by atoms with E-state index in [1.54, 1.807) is 37.6 Å². The number of carbonyl (C=O) groups excluding carboxylic acids is 1. The van der Waals surface area contributed by atoms with Crippen LogP contribution in [0.3, 0.4) is 0 Å². The average Bonchev–Trinajstić information content (AvgIpc) is 3.45. The fourth-order valence-electron chi connectivity index (χ4n) is 3.09. The molecule has 0 aliphatic heterocycles. The topological polar surface area (TPSA) is 70.2 Å². The molecule has 2 aromatic heterocycles. The van der Waals surface area contributed by atoms with Gasteiger partial charge in [-0.15, -0.1) is 10.2 Å². The van der Waals surface area contributed by atoms with Gasteiger partial charge in [-0.05, 0) is 67.6 Å². The van der Waals surface area contributed by atoms with Crippen LogP contribution >= 0.6 is 23.4 Å². The average molecular weight is 454 g/mol. The number of thioether (sulfide) groups is 1. The molecule has 4 rings (SSSR count). The Morgan fingerprint density at radius 1 is 1.13 bits per heavy atom. The quantitative estimate of drug-likeness (QED) is 0.255. The van der Waals surface area contributed by atoms with Crippen molar-refractivity contribution in [1.82, 2.24) is 14.8 Å². The van der Waals surface area contributed by atoms with Crippen molar-refractivity contribution < 1.29 is 13.9 Å². The molecule has 4 aromatic rings. The minimum atomic E-state index is -0.356. The van der Waals surface area contributed by atoms with E-state index < -0.39 is 0 Å². The highest BCUT2D eigenvalue weighted by Gasteiger charge is 2.22. The molecule has 0 N–H and O–H groups in total. The van der Waals surface area contributed by atoms with Gasteiger partial charge < -0.3 is 9.15 Å². The maximum absolute atomic E-state index is 12.9. The minimum absolute atomic E-state index is 0.00763. The third-order valence-electron chi connectivity index (χ3n) is 4.74. The van der Waals surface area contributed by atoms with Crippen LogP contribution in [0.4, 0.5) is 0 Å². The lowest BCUT2D eigenvalue weighted by molar-refractivity contribution is 0.0994. The molecule has 0 saturated carbocycles. The first-order chi connectivity index (χ1) is 15.0. The molecule has 6 nitrogen and oxygen atoms in total. The maximum Gasteiger partial charge on any atom is 0.192 e. The van der Waals surface area contributed by atoms with Crippen LogP contribution in [-0.2, 0) is 6.54 Å². The Morgan fingerprint density at radius 2 is 1.87 bits per heavy atom. The summed E-state index contributed by atoms with van der Waals surface area (Å²) in [6, 6.07) is 18.2. The molecular formula is C23H20ClN3O3S. The summed E-state index contributed by atoms with van der Waals surface area (Å²) >= 11 is 7.40. The van der Waals surface area contributed by atoms with E-state index in [1.807, 2.05) is 47.9 Å². The van der Waals surface area contributed by atoms with Crippen LogP contribution in [0.5, 0.6) is 5.75 Å². The van der Waals surface area contributed by atoms with E-state index in [0.29, 0.717) is 33.9 Å². The normalized spacial score (nSPS) is 12.0. The lowest BCUT2D eigenvalue weighted by atomic mass is 10.1. The second-order valence-corrected chi connectivity index (χ2v) is 8.58. The minimum Gasteiger partial charge on any atom is -0.497 e. The number of Topliss-reactive ketones (excluding diaryl/α,β-unsaturated/α-hetero) is 1. The van der Waals surface area contributed by atoms with Gasteiger partial charge >= 0.3 is 0 Å². The lowest BCUT2D eigenvalue weighted by Crippen LogP contribution is -2.15. The van der Waals surface area contributed by atoms with E-state index in [-0.39, 0.29) is 11.0 Å². The van der Waals surface area contributed by atoms with Gasteiger partial charge in [-0.25, -0.2) is 0 Å². The molecule has 0 spiro atoms. The molecule has 0 aliphatic rings. The summed E-state index contributed by atoms with van der Waals surface area (Å²) in [5, 5.41) is 9.68. The zero-order chi connectivity index (χ0) is 21.8. The maximum atomic E-state index is 12.9. The first-order valence-corrected chi connectivity index (χ1v) is 10.9. The Hall–Kier alpha value is -3.03. The van der Waals surface area contributed by atoms with Crippen LogP contribution in [0.2, 0.25) is 5.02 Å². The molecular weight excluding hydrogens is 434 g/mol. The number of rotatable bonds is 8. The lowest BCUT2D eigenvalue weighted by Gasteiger charge is -2.13. The van der Waals surface area contributed by atoms with Gasteiger partial charge in [0.2, 0.25) is 0 Å². The molecule has 2 heterocycles. The molecule has 0 saturated heterocycles. The van der Waals surface area contributed by atoms with Crippen molar-refractivity contribution in [1.29, 1.82) is 0 Å². The first-order valence-electron chi connectivity index (χ1n) is 9.61. The van der Waals surface area contributed by atoms with Crippen molar-refractivity contribution in [3.8, 4) is 17.1 Å². The molecule has 1 unspecified atom stereocenters. The van der Waals surface area contributed by atoms with Gasteiger partial charge in [-0.2, -0.15) is 0 Å². The summed E-state index contributed by atoms with van der Waals surface area (Å²) < 4.78 is 12.6.